The molecule has 5 nitrogen and oxygen atoms in total. The maximum absolute atomic E-state index is 12.1. The lowest BCUT2D eigenvalue weighted by Gasteiger charge is -2.01. The average Bonchev–Trinajstić information content (AvgIpc) is 2.88. The van der Waals surface area contributed by atoms with Gasteiger partial charge in [-0.05, 0) is 42.5 Å². The molecule has 1 heterocycles. The number of nitrogens with two attached hydrogens (primary N) is 1. The summed E-state index contributed by atoms with van der Waals surface area (Å²) in [7, 11) is 1.62. The third-order valence-corrected chi connectivity index (χ3v) is 3.92. The Morgan fingerprint density at radius 1 is 1.24 bits per heavy atom. The molecule has 0 aliphatic rings. The van der Waals surface area contributed by atoms with Gasteiger partial charge in [-0.1, -0.05) is 11.3 Å². The molecule has 21 heavy (non-hydrogen) atoms. The van der Waals surface area contributed by atoms with E-state index in [-0.39, 0.29) is 5.91 Å². The van der Waals surface area contributed by atoms with Gasteiger partial charge in [0.05, 0.1) is 17.3 Å². The molecular weight excluding hydrogens is 286 g/mol. The Bertz CT molecular complexity index is 796. The number of aromatic nitrogens is 1. The van der Waals surface area contributed by atoms with Crippen LogP contribution in [0.4, 0.5) is 10.8 Å². The molecule has 1 amide bonds. The molecule has 2 aromatic carbocycles. The molecule has 3 rings (SSSR count). The SMILES string of the molecule is COc1ccc2nc(NC(=O)c3ccc(N)cc3)sc2c1. The average molecular weight is 299 g/mol. The van der Waals surface area contributed by atoms with Crippen LogP contribution in [0, 0.1) is 0 Å². The predicted molar refractivity (Wildman–Crippen MR) is 85.0 cm³/mol. The summed E-state index contributed by atoms with van der Waals surface area (Å²) in [6.07, 6.45) is 0. The largest absolute Gasteiger partial charge is 0.497 e. The number of hydrogen-bond acceptors (Lipinski definition) is 5. The van der Waals surface area contributed by atoms with Crippen molar-refractivity contribution in [3.8, 4) is 5.75 Å². The van der Waals surface area contributed by atoms with Crippen molar-refractivity contribution in [1.29, 1.82) is 0 Å². The topological polar surface area (TPSA) is 77.2 Å². The molecule has 0 atom stereocenters. The predicted octanol–water partition coefficient (Wildman–Crippen LogP) is 3.14. The molecular formula is C15H13N3O2S. The van der Waals surface area contributed by atoms with Crippen molar-refractivity contribution in [2.75, 3.05) is 18.2 Å². The van der Waals surface area contributed by atoms with E-state index in [1.54, 1.807) is 31.4 Å². The van der Waals surface area contributed by atoms with Gasteiger partial charge in [0.15, 0.2) is 5.13 Å². The standard InChI is InChI=1S/C15H13N3O2S/c1-20-11-6-7-12-13(8-11)21-15(17-12)18-14(19)9-2-4-10(16)5-3-9/h2-8H,16H2,1H3,(H,17,18,19). The Balaban J connectivity index is 1.84. The fraction of sp³-hybridized carbons (Fsp3) is 0.0667. The number of nitrogens with one attached hydrogen (secondary N) is 1. The number of carbonyl (C=O) groups is 1. The van der Waals surface area contributed by atoms with E-state index in [0.29, 0.717) is 16.4 Å². The number of fused-ring (bicyclic) bond motifs is 1. The smallest absolute Gasteiger partial charge is 0.257 e. The molecule has 0 saturated carbocycles. The lowest BCUT2D eigenvalue weighted by molar-refractivity contribution is 0.102. The van der Waals surface area contributed by atoms with E-state index in [9.17, 15) is 4.79 Å². The quantitative estimate of drug-likeness (QED) is 0.728. The zero-order valence-corrected chi connectivity index (χ0v) is 12.1. The van der Waals surface area contributed by atoms with Crippen LogP contribution in [0.3, 0.4) is 0 Å². The van der Waals surface area contributed by atoms with Gasteiger partial charge in [0.1, 0.15) is 5.75 Å². The number of nitrogen functional groups attached to an aromatic ring is 1. The van der Waals surface area contributed by atoms with Crippen molar-refractivity contribution in [2.45, 2.75) is 0 Å². The summed E-state index contributed by atoms with van der Waals surface area (Å²) in [4.78, 5) is 16.5. The molecule has 0 radical (unpaired) electrons. The first-order valence-corrected chi connectivity index (χ1v) is 7.09. The summed E-state index contributed by atoms with van der Waals surface area (Å²) in [5.41, 5.74) is 7.60. The molecule has 0 fully saturated rings. The van der Waals surface area contributed by atoms with Crippen LogP contribution in [0.1, 0.15) is 10.4 Å². The van der Waals surface area contributed by atoms with Crippen molar-refractivity contribution in [1.82, 2.24) is 4.98 Å². The molecule has 0 aliphatic carbocycles. The third-order valence-electron chi connectivity index (χ3n) is 2.99. The summed E-state index contributed by atoms with van der Waals surface area (Å²) in [5, 5.41) is 3.35. The molecule has 106 valence electrons. The number of nitrogens with zero attached hydrogens (tertiary/aromatic N) is 1. The Morgan fingerprint density at radius 3 is 2.71 bits per heavy atom. The fourth-order valence-corrected chi connectivity index (χ4v) is 2.78. The number of amides is 1. The number of ether oxygens (including phenoxy) is 1. The Hall–Kier alpha value is -2.60. The van der Waals surface area contributed by atoms with Gasteiger partial charge in [0.2, 0.25) is 0 Å². The maximum atomic E-state index is 12.1. The summed E-state index contributed by atoms with van der Waals surface area (Å²) < 4.78 is 6.13. The van der Waals surface area contributed by atoms with E-state index in [0.717, 1.165) is 16.0 Å². The van der Waals surface area contributed by atoms with Gasteiger partial charge in [0.25, 0.3) is 5.91 Å². The normalized spacial score (nSPS) is 10.5. The van der Waals surface area contributed by atoms with E-state index in [2.05, 4.69) is 10.3 Å². The van der Waals surface area contributed by atoms with Crippen LogP contribution in [0.15, 0.2) is 42.5 Å². The number of carbonyl (C=O) groups excluding carboxylic acids is 1. The molecule has 0 spiro atoms. The minimum Gasteiger partial charge on any atom is -0.497 e. The lowest BCUT2D eigenvalue weighted by Crippen LogP contribution is -2.11. The van der Waals surface area contributed by atoms with Crippen molar-refractivity contribution in [2.24, 2.45) is 0 Å². The monoisotopic (exact) mass is 299 g/mol. The molecule has 0 saturated heterocycles. The van der Waals surface area contributed by atoms with Gasteiger partial charge in [-0.3, -0.25) is 10.1 Å². The zero-order chi connectivity index (χ0) is 14.8. The summed E-state index contributed by atoms with van der Waals surface area (Å²) in [5.74, 6) is 0.559. The first kappa shape index (κ1) is 13.4. The third kappa shape index (κ3) is 2.80. The molecule has 3 aromatic rings. The zero-order valence-electron chi connectivity index (χ0n) is 11.3. The Labute approximate surface area is 125 Å². The molecule has 6 heteroatoms. The van der Waals surface area contributed by atoms with Gasteiger partial charge in [0, 0.05) is 11.3 Å². The van der Waals surface area contributed by atoms with E-state index in [1.165, 1.54) is 11.3 Å². The number of anilines is 2. The molecule has 0 unspecified atom stereocenters. The van der Waals surface area contributed by atoms with E-state index in [4.69, 9.17) is 10.5 Å². The second-order valence-corrected chi connectivity index (χ2v) is 5.46. The van der Waals surface area contributed by atoms with Gasteiger partial charge < -0.3 is 10.5 Å². The Morgan fingerprint density at radius 2 is 2.00 bits per heavy atom. The van der Waals surface area contributed by atoms with Crippen molar-refractivity contribution < 1.29 is 9.53 Å². The van der Waals surface area contributed by atoms with Gasteiger partial charge in [-0.2, -0.15) is 0 Å². The van der Waals surface area contributed by atoms with Crippen LogP contribution >= 0.6 is 11.3 Å². The highest BCUT2D eigenvalue weighted by Crippen LogP contribution is 2.29. The molecule has 3 N–H and O–H groups in total. The number of benzene rings is 2. The second kappa shape index (κ2) is 5.41. The molecule has 1 aromatic heterocycles. The maximum Gasteiger partial charge on any atom is 0.257 e. The number of rotatable bonds is 3. The van der Waals surface area contributed by atoms with E-state index >= 15 is 0 Å². The molecule has 0 aliphatic heterocycles. The second-order valence-electron chi connectivity index (χ2n) is 4.43. The van der Waals surface area contributed by atoms with Crippen LogP contribution in [0.2, 0.25) is 0 Å². The van der Waals surface area contributed by atoms with Crippen molar-refractivity contribution >= 4 is 38.3 Å². The van der Waals surface area contributed by atoms with Gasteiger partial charge >= 0.3 is 0 Å². The first-order valence-electron chi connectivity index (χ1n) is 6.27. The van der Waals surface area contributed by atoms with Crippen LogP contribution in [-0.2, 0) is 0 Å². The number of thiazole rings is 1. The highest BCUT2D eigenvalue weighted by atomic mass is 32.1. The van der Waals surface area contributed by atoms with Crippen LogP contribution in [-0.4, -0.2) is 18.0 Å². The summed E-state index contributed by atoms with van der Waals surface area (Å²) in [6.45, 7) is 0. The highest BCUT2D eigenvalue weighted by molar-refractivity contribution is 7.22. The van der Waals surface area contributed by atoms with E-state index < -0.39 is 0 Å². The summed E-state index contributed by atoms with van der Waals surface area (Å²) in [6, 6.07) is 12.3. The first-order chi connectivity index (χ1) is 10.2. The minimum atomic E-state index is -0.207. The van der Waals surface area contributed by atoms with Crippen molar-refractivity contribution in [3.63, 3.8) is 0 Å². The van der Waals surface area contributed by atoms with Crippen molar-refractivity contribution in [3.05, 3.63) is 48.0 Å². The summed E-state index contributed by atoms with van der Waals surface area (Å²) >= 11 is 1.41. The molecule has 0 bridgehead atoms. The van der Waals surface area contributed by atoms with E-state index in [1.807, 2.05) is 18.2 Å². The van der Waals surface area contributed by atoms with Crippen LogP contribution < -0.4 is 15.8 Å². The highest BCUT2D eigenvalue weighted by Gasteiger charge is 2.10. The van der Waals surface area contributed by atoms with Crippen LogP contribution in [0.5, 0.6) is 5.75 Å². The minimum absolute atomic E-state index is 0.207. The van der Waals surface area contributed by atoms with Gasteiger partial charge in [-0.15, -0.1) is 0 Å². The number of methoxy groups -OCH3 is 1. The number of hydrogen-bond donors (Lipinski definition) is 2. The lowest BCUT2D eigenvalue weighted by atomic mass is 10.2. The Kier molecular flexibility index (Phi) is 3.45. The van der Waals surface area contributed by atoms with Gasteiger partial charge in [-0.25, -0.2) is 4.98 Å². The fourth-order valence-electron chi connectivity index (χ4n) is 1.89. The van der Waals surface area contributed by atoms with Crippen LogP contribution in [0.25, 0.3) is 10.2 Å².